The first-order chi connectivity index (χ1) is 17.7. The van der Waals surface area contributed by atoms with E-state index >= 15 is 0 Å². The monoisotopic (exact) mass is 547 g/mol. The van der Waals surface area contributed by atoms with E-state index in [1.165, 1.54) is 0 Å². The predicted octanol–water partition coefficient (Wildman–Crippen LogP) is 4.73. The average molecular weight is 548 g/mol. The number of amides is 1. The number of aliphatic hydroxyl groups excluding tert-OH is 1. The Hall–Kier alpha value is -2.39. The summed E-state index contributed by atoms with van der Waals surface area (Å²) >= 11 is 7.33. The number of phenols is 1. The number of aromatic amines is 1. The Bertz CT molecular complexity index is 1220. The topological polar surface area (TPSA) is 106 Å². The van der Waals surface area contributed by atoms with Crippen molar-refractivity contribution in [2.75, 3.05) is 32.8 Å². The molecule has 2 aromatic carbocycles. The maximum absolute atomic E-state index is 13.0. The molecule has 0 atom stereocenters. The second-order valence-corrected chi connectivity index (χ2v) is 11.6. The summed E-state index contributed by atoms with van der Waals surface area (Å²) in [5.74, 6) is 0.181. The number of carbonyl (C=O) groups is 1. The number of rotatable bonds is 15. The van der Waals surface area contributed by atoms with Crippen molar-refractivity contribution >= 4 is 39.1 Å². The van der Waals surface area contributed by atoms with Gasteiger partial charge in [0.05, 0.1) is 4.70 Å². The third-order valence-corrected chi connectivity index (χ3v) is 7.78. The van der Waals surface area contributed by atoms with Gasteiger partial charge in [0, 0.05) is 43.1 Å². The molecule has 0 fully saturated rings. The lowest BCUT2D eigenvalue weighted by atomic mass is 9.93. The Morgan fingerprint density at radius 1 is 1.08 bits per heavy atom. The van der Waals surface area contributed by atoms with Gasteiger partial charge in [-0.05, 0) is 55.5 Å². The molecule has 9 heteroatoms. The van der Waals surface area contributed by atoms with Crippen molar-refractivity contribution < 1.29 is 15.0 Å². The van der Waals surface area contributed by atoms with Crippen molar-refractivity contribution in [3.05, 3.63) is 62.2 Å². The molecule has 0 spiro atoms. The second-order valence-electron chi connectivity index (χ2n) is 10.3. The molecule has 202 valence electrons. The molecule has 3 rings (SSSR count). The average Bonchev–Trinajstić information content (AvgIpc) is 3.27. The molecule has 1 heterocycles. The number of H-pyrrole nitrogens is 1. The highest BCUT2D eigenvalue weighted by atomic mass is 35.5. The molecule has 0 aliphatic heterocycles. The number of aliphatic hydroxyl groups is 1. The zero-order valence-corrected chi connectivity index (χ0v) is 23.3. The fraction of sp³-hybridized carbons (Fsp3) is 0.500. The number of aryl methyl sites for hydroxylation is 1. The van der Waals surface area contributed by atoms with Crippen LogP contribution in [0.4, 0.5) is 0 Å². The van der Waals surface area contributed by atoms with Crippen molar-refractivity contribution in [3.8, 4) is 5.75 Å². The molecule has 0 aliphatic carbocycles. The number of nitrogens with one attached hydrogen (secondary N) is 2. The van der Waals surface area contributed by atoms with Crippen LogP contribution in [-0.2, 0) is 17.6 Å². The van der Waals surface area contributed by atoms with Crippen LogP contribution in [0.1, 0.15) is 50.7 Å². The number of aromatic hydroxyl groups is 1. The summed E-state index contributed by atoms with van der Waals surface area (Å²) in [5.41, 5.74) is 2.29. The number of hydrogen-bond acceptors (Lipinski definition) is 6. The fourth-order valence-electron chi connectivity index (χ4n) is 4.33. The van der Waals surface area contributed by atoms with Crippen LogP contribution >= 0.6 is 22.9 Å². The van der Waals surface area contributed by atoms with E-state index < -0.39 is 0 Å². The molecule has 0 saturated carbocycles. The molecule has 3 aromatic rings. The van der Waals surface area contributed by atoms with Crippen molar-refractivity contribution in [2.24, 2.45) is 5.41 Å². The Morgan fingerprint density at radius 2 is 1.86 bits per heavy atom. The van der Waals surface area contributed by atoms with Gasteiger partial charge >= 0.3 is 4.87 Å². The second kappa shape index (κ2) is 14.0. The molecule has 37 heavy (non-hydrogen) atoms. The molecule has 0 aliphatic rings. The summed E-state index contributed by atoms with van der Waals surface area (Å²) in [7, 11) is 0. The Labute approximate surface area is 227 Å². The van der Waals surface area contributed by atoms with Crippen LogP contribution in [0.15, 0.2) is 41.2 Å². The summed E-state index contributed by atoms with van der Waals surface area (Å²) in [6.07, 6.45) is 4.72. The van der Waals surface area contributed by atoms with Crippen molar-refractivity contribution in [1.29, 1.82) is 0 Å². The molecule has 0 radical (unpaired) electrons. The van der Waals surface area contributed by atoms with Crippen molar-refractivity contribution in [2.45, 2.75) is 52.4 Å². The van der Waals surface area contributed by atoms with Crippen LogP contribution in [0.3, 0.4) is 0 Å². The van der Waals surface area contributed by atoms with E-state index in [1.54, 1.807) is 6.07 Å². The molecule has 0 saturated heterocycles. The minimum Gasteiger partial charge on any atom is -0.506 e. The largest absolute Gasteiger partial charge is 0.506 e. The third kappa shape index (κ3) is 8.85. The number of nitrogens with zero attached hydrogens (tertiary/aromatic N) is 1. The van der Waals surface area contributed by atoms with Gasteiger partial charge in [-0.3, -0.25) is 9.59 Å². The predicted molar refractivity (Wildman–Crippen MR) is 152 cm³/mol. The Kier molecular flexibility index (Phi) is 11.0. The fourth-order valence-corrected chi connectivity index (χ4v) is 5.45. The summed E-state index contributed by atoms with van der Waals surface area (Å²) in [5, 5.41) is 23.8. The van der Waals surface area contributed by atoms with Crippen LogP contribution in [0.5, 0.6) is 5.75 Å². The first-order valence-corrected chi connectivity index (χ1v) is 14.1. The van der Waals surface area contributed by atoms with Gasteiger partial charge in [-0.2, -0.15) is 0 Å². The van der Waals surface area contributed by atoms with Gasteiger partial charge in [-0.1, -0.05) is 67.5 Å². The Balaban J connectivity index is 1.45. The van der Waals surface area contributed by atoms with Crippen LogP contribution in [0.2, 0.25) is 5.02 Å². The van der Waals surface area contributed by atoms with Crippen LogP contribution in [-0.4, -0.2) is 58.8 Å². The van der Waals surface area contributed by atoms with Crippen LogP contribution in [0, 0.1) is 5.41 Å². The lowest BCUT2D eigenvalue weighted by Gasteiger charge is -2.31. The zero-order valence-electron chi connectivity index (χ0n) is 21.7. The Morgan fingerprint density at radius 3 is 2.62 bits per heavy atom. The number of phenolic OH excluding ortho intramolecular Hbond substituents is 1. The van der Waals surface area contributed by atoms with Crippen molar-refractivity contribution in [1.82, 2.24) is 15.2 Å². The molecule has 7 nitrogen and oxygen atoms in total. The van der Waals surface area contributed by atoms with Crippen LogP contribution < -0.4 is 10.2 Å². The van der Waals surface area contributed by atoms with Gasteiger partial charge in [-0.15, -0.1) is 0 Å². The van der Waals surface area contributed by atoms with Gasteiger partial charge in [-0.25, -0.2) is 0 Å². The summed E-state index contributed by atoms with van der Waals surface area (Å²) in [6, 6.07) is 11.3. The molecule has 1 amide bonds. The number of carbonyl (C=O) groups excluding carboxylic acids is 1. The van der Waals surface area contributed by atoms with E-state index in [-0.39, 0.29) is 28.6 Å². The van der Waals surface area contributed by atoms with E-state index in [2.05, 4.69) is 10.3 Å². The number of thiazole rings is 1. The molecule has 0 bridgehead atoms. The minimum absolute atomic E-state index is 0.0171. The molecule has 1 aromatic heterocycles. The quantitative estimate of drug-likeness (QED) is 0.206. The number of fused-ring (bicyclic) bond motifs is 1. The first kappa shape index (κ1) is 29.2. The lowest BCUT2D eigenvalue weighted by Crippen LogP contribution is -2.42. The van der Waals surface area contributed by atoms with E-state index in [4.69, 9.17) is 11.6 Å². The maximum atomic E-state index is 13.0. The summed E-state index contributed by atoms with van der Waals surface area (Å²) in [4.78, 5) is 29.1. The van der Waals surface area contributed by atoms with E-state index in [0.29, 0.717) is 31.6 Å². The first-order valence-electron chi connectivity index (χ1n) is 12.9. The highest BCUT2D eigenvalue weighted by Gasteiger charge is 2.24. The number of hydrogen-bond donors (Lipinski definition) is 4. The van der Waals surface area contributed by atoms with Gasteiger partial charge < -0.3 is 25.4 Å². The number of unbranched alkanes of at least 4 members (excludes halogenated alkanes) is 2. The molecule has 4 N–H and O–H groups in total. The van der Waals surface area contributed by atoms with E-state index in [0.717, 1.165) is 70.8 Å². The SMILES string of the molecule is CC(C)(CO)CN(CCCCCc1ccc(O)c2[nH]c(=O)sc12)C(=O)CCNCCc1ccccc1Cl. The van der Waals surface area contributed by atoms with Gasteiger partial charge in [0.25, 0.3) is 0 Å². The number of halogens is 1. The normalized spacial score (nSPS) is 11.8. The highest BCUT2D eigenvalue weighted by molar-refractivity contribution is 7.16. The van der Waals surface area contributed by atoms with E-state index in [1.807, 2.05) is 49.1 Å². The molecular formula is C28H38ClN3O4S. The summed E-state index contributed by atoms with van der Waals surface area (Å²) in [6.45, 7) is 6.45. The van der Waals surface area contributed by atoms with Crippen LogP contribution in [0.25, 0.3) is 10.2 Å². The molecule has 0 unspecified atom stereocenters. The number of benzene rings is 2. The lowest BCUT2D eigenvalue weighted by molar-refractivity contribution is -0.133. The highest BCUT2D eigenvalue weighted by Crippen LogP contribution is 2.29. The minimum atomic E-state index is -0.365. The van der Waals surface area contributed by atoms with Gasteiger partial charge in [0.1, 0.15) is 11.3 Å². The number of aromatic nitrogens is 1. The maximum Gasteiger partial charge on any atom is 0.305 e. The van der Waals surface area contributed by atoms with E-state index in [9.17, 15) is 19.8 Å². The van der Waals surface area contributed by atoms with Crippen molar-refractivity contribution in [3.63, 3.8) is 0 Å². The molecular weight excluding hydrogens is 510 g/mol. The zero-order chi connectivity index (χ0) is 26.8. The summed E-state index contributed by atoms with van der Waals surface area (Å²) < 4.78 is 0.813. The third-order valence-electron chi connectivity index (χ3n) is 6.46. The smallest absolute Gasteiger partial charge is 0.305 e. The van der Waals surface area contributed by atoms with Gasteiger partial charge in [0.15, 0.2) is 0 Å². The van der Waals surface area contributed by atoms with Gasteiger partial charge in [0.2, 0.25) is 5.91 Å². The standard InChI is InChI=1S/C28H38ClN3O4S/c1-28(2,19-33)18-32(24(35)14-16-30-15-13-20-8-5-6-10-22(20)29)17-7-3-4-9-21-11-12-23(34)25-26(21)37-27(36)31-25/h5-6,8,10-12,30,33-34H,3-4,7,9,13-19H2,1-2H3,(H,31,36).